The van der Waals surface area contributed by atoms with E-state index in [1.165, 1.54) is 12.1 Å². The van der Waals surface area contributed by atoms with Gasteiger partial charge >= 0.3 is 0 Å². The van der Waals surface area contributed by atoms with Crippen LogP contribution in [0.3, 0.4) is 0 Å². The van der Waals surface area contributed by atoms with Crippen molar-refractivity contribution in [1.29, 1.82) is 0 Å². The Kier molecular flexibility index (Phi) is 18.4. The molecule has 87 heavy (non-hydrogen) atoms. The smallest absolute Gasteiger partial charge is 0.244 e. The van der Waals surface area contributed by atoms with Crippen LogP contribution < -0.4 is 5.32 Å². The van der Waals surface area contributed by atoms with E-state index in [9.17, 15) is 14.0 Å². The molecule has 1 aliphatic heterocycles. The molecule has 6 aromatic carbocycles. The lowest BCUT2D eigenvalue weighted by Gasteiger charge is -2.32. The van der Waals surface area contributed by atoms with E-state index >= 15 is 0 Å². The lowest BCUT2D eigenvalue weighted by atomic mass is 10.1. The van der Waals surface area contributed by atoms with Crippen LogP contribution in [0.4, 0.5) is 4.39 Å². The molecule has 13 rings (SSSR count). The molecule has 0 atom stereocenters. The van der Waals surface area contributed by atoms with Crippen molar-refractivity contribution < 1.29 is 14.0 Å². The molecule has 0 saturated carbocycles. The van der Waals surface area contributed by atoms with Crippen LogP contribution in [0.5, 0.6) is 0 Å². The summed E-state index contributed by atoms with van der Waals surface area (Å²) in [5.41, 5.74) is 10.6. The molecule has 7 heterocycles. The predicted octanol–water partition coefficient (Wildman–Crippen LogP) is 11.6. The zero-order valence-corrected chi connectivity index (χ0v) is 50.2. The molecule has 22 heteroatoms. The highest BCUT2D eigenvalue weighted by Crippen LogP contribution is 2.40. The van der Waals surface area contributed by atoms with Crippen molar-refractivity contribution in [2.45, 2.75) is 13.1 Å². The van der Waals surface area contributed by atoms with Crippen molar-refractivity contribution in [3.63, 3.8) is 0 Å². The van der Waals surface area contributed by atoms with Crippen LogP contribution in [0.1, 0.15) is 0 Å². The number of aryl methyl sites for hydroxylation is 1. The summed E-state index contributed by atoms with van der Waals surface area (Å²) >= 11 is 20.4. The summed E-state index contributed by atoms with van der Waals surface area (Å²) in [4.78, 5) is 31.6. The van der Waals surface area contributed by atoms with Crippen LogP contribution in [0.2, 0.25) is 15.1 Å². The zero-order valence-electron chi connectivity index (χ0n) is 47.9. The van der Waals surface area contributed by atoms with E-state index in [4.69, 9.17) is 45.0 Å². The maximum Gasteiger partial charge on any atom is 0.244 e. The van der Waals surface area contributed by atoms with Crippen LogP contribution in [0.15, 0.2) is 176 Å². The van der Waals surface area contributed by atoms with Gasteiger partial charge in [0.15, 0.2) is 16.9 Å². The third-order valence-electron chi connectivity index (χ3n) is 14.6. The molecule has 18 nitrogen and oxygen atoms in total. The molecule has 0 aliphatic carbocycles. The second-order valence-electron chi connectivity index (χ2n) is 20.8. The van der Waals surface area contributed by atoms with Crippen LogP contribution >= 0.6 is 34.8 Å². The predicted molar refractivity (Wildman–Crippen MR) is 340 cm³/mol. The minimum Gasteiger partial charge on any atom is -0.353 e. The first kappa shape index (κ1) is 59.4. The van der Waals surface area contributed by atoms with Gasteiger partial charge in [-0.3, -0.25) is 9.59 Å². The Morgan fingerprint density at radius 3 is 1.23 bits per heavy atom. The van der Waals surface area contributed by atoms with Crippen LogP contribution in [-0.2, 0) is 29.7 Å². The van der Waals surface area contributed by atoms with Crippen molar-refractivity contribution in [2.75, 3.05) is 60.4 Å². The average molecular weight is 1220 g/mol. The fraction of sp³-hybridized carbons (Fsp3) is 0.185. The summed E-state index contributed by atoms with van der Waals surface area (Å²) in [6.07, 6.45) is 0. The Bertz CT molecular complexity index is 4360. The first-order valence-electron chi connectivity index (χ1n) is 28.0. The molecule has 0 spiro atoms. The number of aromatic nitrogens is 12. The monoisotopic (exact) mass is 1220 g/mol. The number of benzene rings is 6. The number of hydrogen-bond donors (Lipinski definition) is 1. The maximum atomic E-state index is 13.2. The zero-order chi connectivity index (χ0) is 60.6. The highest BCUT2D eigenvalue weighted by molar-refractivity contribution is 6.40. The number of nitrogens with zero attached hydrogens (tertiary/aromatic N) is 15. The first-order valence-corrected chi connectivity index (χ1v) is 29.1. The van der Waals surface area contributed by atoms with Gasteiger partial charge in [0.1, 0.15) is 53.1 Å². The molecule has 1 aliphatic rings. The topological polar surface area (TPSA) is 187 Å². The Balaban J connectivity index is 0.000000137. The van der Waals surface area contributed by atoms with E-state index in [2.05, 4.69) is 53.0 Å². The second kappa shape index (κ2) is 26.9. The Labute approximate surface area is 515 Å². The van der Waals surface area contributed by atoms with Crippen LogP contribution in [0, 0.1) is 5.82 Å². The molecule has 0 unspecified atom stereocenters. The number of hydrogen-bond acceptors (Lipinski definition) is 13. The normalized spacial score (nSPS) is 12.5. The fourth-order valence-electron chi connectivity index (χ4n) is 9.99. The van der Waals surface area contributed by atoms with Crippen molar-refractivity contribution in [1.82, 2.24) is 80.0 Å². The summed E-state index contributed by atoms with van der Waals surface area (Å²) in [5.74, 6) is -0.432. The molecule has 2 amide bonds. The lowest BCUT2D eigenvalue weighted by Crippen LogP contribution is -2.48. The fourth-order valence-corrected chi connectivity index (χ4v) is 10.9. The van der Waals surface area contributed by atoms with Crippen LogP contribution in [-0.4, -0.2) is 147 Å². The minimum atomic E-state index is -0.310. The van der Waals surface area contributed by atoms with E-state index in [1.807, 2.05) is 176 Å². The number of likely N-dealkylation sites (N-methyl/N-ethyl adjacent to an activating group) is 2. The quantitative estimate of drug-likeness (QED) is 0.115. The standard InChI is InChI=1S/C24H23ClN6O.C23H23ClN6O.C18H12ClFN4/c1-29-12-14-30(15-13-29)19(32)16-31-24-20(22(28-31)17-8-4-2-5-9-17)21(25)23(26-27-24)18-10-6-3-7-11-18;1-29(2)14-13-25-18(31)15-30-23-19(21(28-30)16-9-5-3-6-10-16)20(24)22(26-27-23)17-11-7-4-8-12-17;1-24-18-14(16(23-24)11-5-3-2-4-6-11)15(19)17(21-22-18)12-7-9-13(20)10-8-12/h2-11H,12-16H2,1H3;3-12H,13-15H2,1-2H3,(H,25,31);2-10H,1H3. The molecule has 1 saturated heterocycles. The van der Waals surface area contributed by atoms with Crippen molar-refractivity contribution in [2.24, 2.45) is 7.05 Å². The van der Waals surface area contributed by atoms with Gasteiger partial charge in [-0.05, 0) is 45.4 Å². The van der Waals surface area contributed by atoms with Gasteiger partial charge in [-0.1, -0.05) is 186 Å². The Morgan fingerprint density at radius 1 is 0.460 bits per heavy atom. The van der Waals surface area contributed by atoms with E-state index < -0.39 is 0 Å². The van der Waals surface area contributed by atoms with Gasteiger partial charge in [0.05, 0.1) is 31.2 Å². The van der Waals surface area contributed by atoms with E-state index in [0.29, 0.717) is 96.4 Å². The Morgan fingerprint density at radius 2 is 0.816 bits per heavy atom. The summed E-state index contributed by atoms with van der Waals surface area (Å²) in [6.45, 7) is 4.61. The van der Waals surface area contributed by atoms with Crippen molar-refractivity contribution in [3.8, 4) is 67.5 Å². The molecule has 12 aromatic rings. The third-order valence-corrected chi connectivity index (χ3v) is 15.7. The molecule has 438 valence electrons. The third kappa shape index (κ3) is 13.2. The second-order valence-corrected chi connectivity index (χ2v) is 22.0. The first-order chi connectivity index (χ1) is 42.3. The maximum absolute atomic E-state index is 13.2. The van der Waals surface area contributed by atoms with Gasteiger partial charge in [-0.2, -0.15) is 15.3 Å². The summed E-state index contributed by atoms with van der Waals surface area (Å²) in [7, 11) is 7.79. The number of fused-ring (bicyclic) bond motifs is 3. The molecule has 1 N–H and O–H groups in total. The number of amides is 2. The lowest BCUT2D eigenvalue weighted by molar-refractivity contribution is -0.133. The molecular formula is C65H58Cl3FN16O2. The van der Waals surface area contributed by atoms with Gasteiger partial charge in [0.25, 0.3) is 0 Å². The van der Waals surface area contributed by atoms with Gasteiger partial charge in [0.2, 0.25) is 11.8 Å². The van der Waals surface area contributed by atoms with Crippen LogP contribution in [0.25, 0.3) is 101 Å². The largest absolute Gasteiger partial charge is 0.353 e. The highest BCUT2D eigenvalue weighted by Gasteiger charge is 2.27. The summed E-state index contributed by atoms with van der Waals surface area (Å²) in [5, 5.41) is 46.5. The molecule has 0 radical (unpaired) electrons. The number of rotatable bonds is 13. The number of carbonyl (C=O) groups excluding carboxylic acids is 2. The molecular weight excluding hydrogens is 1160 g/mol. The Hall–Kier alpha value is -9.37. The van der Waals surface area contributed by atoms with E-state index in [0.717, 1.165) is 58.5 Å². The van der Waals surface area contributed by atoms with Gasteiger partial charge in [0, 0.05) is 79.7 Å². The number of piperazine rings is 1. The SMILES string of the molecule is CN(C)CCNC(=O)Cn1nc(-c2ccccc2)c2c(Cl)c(-c3ccccc3)nnc21.CN1CCN(C(=O)Cn2nc(-c3ccccc3)c3c(Cl)c(-c4ccccc4)nnc32)CC1.Cn1nc(-c2ccccc2)c2c(Cl)c(-c3ccc(F)cc3)nnc21. The van der Waals surface area contributed by atoms with Gasteiger partial charge < -0.3 is 20.0 Å². The number of nitrogens with one attached hydrogen (secondary N) is 1. The van der Waals surface area contributed by atoms with Crippen molar-refractivity contribution in [3.05, 3.63) is 197 Å². The minimum absolute atomic E-state index is 0.0205. The number of halogens is 4. The number of carbonyl (C=O) groups is 2. The molecule has 0 bridgehead atoms. The van der Waals surface area contributed by atoms with Crippen molar-refractivity contribution >= 4 is 79.7 Å². The van der Waals surface area contributed by atoms with Gasteiger partial charge in [-0.15, -0.1) is 30.6 Å². The van der Waals surface area contributed by atoms with Gasteiger partial charge in [-0.25, -0.2) is 18.4 Å². The molecule has 6 aromatic heterocycles. The van der Waals surface area contributed by atoms with E-state index in [1.54, 1.807) is 33.2 Å². The summed E-state index contributed by atoms with van der Waals surface area (Å²) in [6, 6.07) is 54.7. The molecule has 1 fully saturated rings. The average Bonchev–Trinajstić information content (AvgIpc) is 3.27. The highest BCUT2D eigenvalue weighted by atomic mass is 35.5. The summed E-state index contributed by atoms with van der Waals surface area (Å²) < 4.78 is 18.0. The van der Waals surface area contributed by atoms with E-state index in [-0.39, 0.29) is 30.7 Å².